The molecular formula is C10H8N4. The van der Waals surface area contributed by atoms with Crippen molar-refractivity contribution in [2.24, 2.45) is 9.98 Å². The molecule has 1 aliphatic rings. The number of aliphatic imine (C=N–C) groups is 2. The minimum absolute atomic E-state index is 0.0315. The molecule has 4 nitrogen and oxygen atoms in total. The molecule has 0 N–H and O–H groups in total. The topological polar surface area (TPSA) is 72.3 Å². The van der Waals surface area contributed by atoms with Gasteiger partial charge in [-0.25, -0.2) is 0 Å². The van der Waals surface area contributed by atoms with Crippen LogP contribution in [-0.2, 0) is 0 Å². The molecular weight excluding hydrogens is 176 g/mol. The van der Waals surface area contributed by atoms with Gasteiger partial charge in [-0.05, 0) is 37.1 Å². The largest absolute Gasteiger partial charge is 0.206 e. The molecule has 0 amide bonds. The Morgan fingerprint density at radius 3 is 1.71 bits per heavy atom. The Bertz CT molecular complexity index is 460. The van der Waals surface area contributed by atoms with Crippen molar-refractivity contribution in [2.45, 2.75) is 13.8 Å². The van der Waals surface area contributed by atoms with Crippen molar-refractivity contribution in [2.75, 3.05) is 0 Å². The van der Waals surface area contributed by atoms with Crippen LogP contribution < -0.4 is 0 Å². The van der Waals surface area contributed by atoms with Crippen LogP contribution in [0.1, 0.15) is 16.6 Å². The van der Waals surface area contributed by atoms with Crippen molar-refractivity contribution in [3.63, 3.8) is 0 Å². The molecule has 0 spiro atoms. The molecule has 1 aliphatic carbocycles. The fraction of sp³-hybridized carbons (Fsp3) is 0.200. The third-order valence-electron chi connectivity index (χ3n) is 1.65. The highest BCUT2D eigenvalue weighted by Gasteiger charge is 2.10. The van der Waals surface area contributed by atoms with Gasteiger partial charge in [-0.15, -0.1) is 0 Å². The number of allylic oxidation sites excluding steroid dienone is 4. The minimum atomic E-state index is 0.0315. The molecule has 68 valence electrons. The summed E-state index contributed by atoms with van der Waals surface area (Å²) < 4.78 is 15.5. The zero-order chi connectivity index (χ0) is 12.3. The second-order valence-corrected chi connectivity index (χ2v) is 2.62. The van der Waals surface area contributed by atoms with Crippen LogP contribution in [0.2, 0.25) is 0 Å². The second-order valence-electron chi connectivity index (χ2n) is 2.62. The summed E-state index contributed by atoms with van der Waals surface area (Å²) in [5, 5.41) is 17.0. The van der Waals surface area contributed by atoms with Gasteiger partial charge < -0.3 is 0 Å². The molecule has 14 heavy (non-hydrogen) atoms. The van der Waals surface area contributed by atoms with Gasteiger partial charge in [0.2, 0.25) is 12.4 Å². The summed E-state index contributed by atoms with van der Waals surface area (Å²) in [5.41, 5.74) is 1.10. The number of rotatable bonds is 0. The van der Waals surface area contributed by atoms with Crippen molar-refractivity contribution >= 4 is 11.4 Å². The highest BCUT2D eigenvalue weighted by molar-refractivity contribution is 6.23. The maximum atomic E-state index is 8.49. The van der Waals surface area contributed by atoms with E-state index in [1.165, 1.54) is 0 Å². The number of hydrogen-bond acceptors (Lipinski definition) is 4. The van der Waals surface area contributed by atoms with Gasteiger partial charge in [0.15, 0.2) is 0 Å². The van der Waals surface area contributed by atoms with Crippen LogP contribution in [-0.4, -0.2) is 11.4 Å². The highest BCUT2D eigenvalue weighted by atomic mass is 14.8. The van der Waals surface area contributed by atoms with Crippen molar-refractivity contribution in [3.05, 3.63) is 23.3 Å². The first-order chi connectivity index (χ1) is 7.54. The lowest BCUT2D eigenvalue weighted by atomic mass is 9.98. The molecule has 0 bridgehead atoms. The highest BCUT2D eigenvalue weighted by Crippen LogP contribution is 2.13. The van der Waals surface area contributed by atoms with Gasteiger partial charge in [-0.3, -0.25) is 0 Å². The van der Waals surface area contributed by atoms with Gasteiger partial charge in [0.1, 0.15) is 0 Å². The Balaban J connectivity index is 3.52. The Hall–Kier alpha value is -2.20. The zero-order valence-corrected chi connectivity index (χ0v) is 7.79. The van der Waals surface area contributed by atoms with Crippen LogP contribution in [0.5, 0.6) is 0 Å². The standard InChI is InChI=1S/C10H8N4/c1-7-3-10(14-6-12)8(2)4-9(7)13-5-11/h3-4H,1-2H3/i3D,4D. The van der Waals surface area contributed by atoms with Gasteiger partial charge in [0.05, 0.1) is 14.2 Å². The molecule has 0 aromatic heterocycles. The molecule has 0 radical (unpaired) electrons. The zero-order valence-electron chi connectivity index (χ0n) is 9.79. The average molecular weight is 186 g/mol. The van der Waals surface area contributed by atoms with E-state index in [1.807, 2.05) is 0 Å². The summed E-state index contributed by atoms with van der Waals surface area (Å²) >= 11 is 0. The Morgan fingerprint density at radius 1 is 1.07 bits per heavy atom. The number of nitriles is 2. The summed E-state index contributed by atoms with van der Waals surface area (Å²) in [6.45, 7) is 3.15. The Labute approximate surface area is 85.0 Å². The summed E-state index contributed by atoms with van der Waals surface area (Å²) in [6, 6.07) is 0.0631. The van der Waals surface area contributed by atoms with Gasteiger partial charge >= 0.3 is 0 Å². The number of nitrogens with zero attached hydrogens (tertiary/aromatic N) is 4. The first-order valence-corrected chi connectivity index (χ1v) is 3.84. The van der Waals surface area contributed by atoms with Gasteiger partial charge in [0, 0.05) is 0 Å². The second kappa shape index (κ2) is 4.15. The fourth-order valence-electron chi connectivity index (χ4n) is 0.985. The lowest BCUT2D eigenvalue weighted by molar-refractivity contribution is 1.39. The molecule has 0 atom stereocenters. The Morgan fingerprint density at radius 2 is 1.43 bits per heavy atom. The fourth-order valence-corrected chi connectivity index (χ4v) is 0.985. The predicted octanol–water partition coefficient (Wildman–Crippen LogP) is 1.74. The summed E-state index contributed by atoms with van der Waals surface area (Å²) in [7, 11) is 0. The number of hydrogen-bond donors (Lipinski definition) is 0. The minimum Gasteiger partial charge on any atom is -0.173 e. The molecule has 0 aromatic rings. The maximum Gasteiger partial charge on any atom is 0.206 e. The lowest BCUT2D eigenvalue weighted by Gasteiger charge is -2.09. The summed E-state index contributed by atoms with van der Waals surface area (Å²) in [4.78, 5) is 7.00. The molecule has 0 unspecified atom stereocenters. The van der Waals surface area contributed by atoms with E-state index in [-0.39, 0.29) is 23.5 Å². The molecule has 0 heterocycles. The van der Waals surface area contributed by atoms with Crippen LogP contribution in [0.25, 0.3) is 0 Å². The molecule has 0 aliphatic heterocycles. The third-order valence-corrected chi connectivity index (χ3v) is 1.65. The van der Waals surface area contributed by atoms with Crippen LogP contribution in [0.3, 0.4) is 0 Å². The molecule has 0 saturated heterocycles. The van der Waals surface area contributed by atoms with E-state index in [2.05, 4.69) is 9.98 Å². The molecule has 4 heteroatoms. The maximum absolute atomic E-state index is 8.49. The lowest BCUT2D eigenvalue weighted by Crippen LogP contribution is -2.10. The van der Waals surface area contributed by atoms with Crippen molar-refractivity contribution in [1.29, 1.82) is 10.5 Å². The normalized spacial score (nSPS) is 24.6. The van der Waals surface area contributed by atoms with E-state index in [1.54, 1.807) is 26.2 Å². The van der Waals surface area contributed by atoms with E-state index in [4.69, 9.17) is 13.3 Å². The van der Waals surface area contributed by atoms with Crippen LogP contribution in [0, 0.1) is 22.9 Å². The first kappa shape index (κ1) is 7.23. The van der Waals surface area contributed by atoms with Crippen molar-refractivity contribution < 1.29 is 2.74 Å². The van der Waals surface area contributed by atoms with Crippen LogP contribution >= 0.6 is 0 Å². The average Bonchev–Trinajstić information content (AvgIpc) is 2.28. The third kappa shape index (κ3) is 1.94. The van der Waals surface area contributed by atoms with Crippen molar-refractivity contribution in [3.8, 4) is 12.4 Å². The summed E-state index contributed by atoms with van der Waals surface area (Å²) in [6.07, 6.45) is 3.20. The van der Waals surface area contributed by atoms with E-state index in [0.717, 1.165) is 0 Å². The van der Waals surface area contributed by atoms with Gasteiger partial charge in [-0.2, -0.15) is 20.5 Å². The quantitative estimate of drug-likeness (QED) is 0.427. The van der Waals surface area contributed by atoms with Gasteiger partial charge in [-0.1, -0.05) is 0 Å². The monoisotopic (exact) mass is 186 g/mol. The molecule has 1 rings (SSSR count). The Kier molecular flexibility index (Phi) is 2.14. The summed E-state index contributed by atoms with van der Waals surface area (Å²) in [5.74, 6) is 0. The van der Waals surface area contributed by atoms with E-state index in [0.29, 0.717) is 11.1 Å². The van der Waals surface area contributed by atoms with Crippen molar-refractivity contribution in [1.82, 2.24) is 0 Å². The predicted molar refractivity (Wildman–Crippen MR) is 53.6 cm³/mol. The smallest absolute Gasteiger partial charge is 0.173 e. The first-order valence-electron chi connectivity index (χ1n) is 4.84. The molecule has 0 saturated carbocycles. The van der Waals surface area contributed by atoms with Gasteiger partial charge in [0.25, 0.3) is 0 Å². The van der Waals surface area contributed by atoms with E-state index >= 15 is 0 Å². The van der Waals surface area contributed by atoms with Crippen LogP contribution in [0.4, 0.5) is 0 Å². The molecule has 0 fully saturated rings. The SMILES string of the molecule is [2H]C1=C(C)C(=NC#N)C([2H])=C(C)C1=NC#N. The van der Waals surface area contributed by atoms with E-state index < -0.39 is 0 Å². The van der Waals surface area contributed by atoms with E-state index in [9.17, 15) is 0 Å². The van der Waals surface area contributed by atoms with Crippen LogP contribution in [0.15, 0.2) is 33.2 Å². The molecule has 0 aromatic carbocycles.